The van der Waals surface area contributed by atoms with Crippen LogP contribution in [0, 0.1) is 12.3 Å². The zero-order valence-corrected chi connectivity index (χ0v) is 17.0. The first-order valence-electron chi connectivity index (χ1n) is 9.78. The first kappa shape index (κ1) is 21.3. The van der Waals surface area contributed by atoms with E-state index in [2.05, 4.69) is 30.0 Å². The Morgan fingerprint density at radius 3 is 2.20 bits per heavy atom. The van der Waals surface area contributed by atoms with Crippen LogP contribution in [0.4, 0.5) is 0 Å². The molecule has 0 aliphatic heterocycles. The Morgan fingerprint density at radius 2 is 1.63 bits per heavy atom. The van der Waals surface area contributed by atoms with E-state index in [1.165, 1.54) is 5.56 Å². The quantitative estimate of drug-likeness (QED) is 0.436. The second-order valence-electron chi connectivity index (χ2n) is 6.98. The van der Waals surface area contributed by atoms with Crippen LogP contribution in [0.15, 0.2) is 71.7 Å². The number of aliphatic imine (C=N–C) groups is 1. The van der Waals surface area contributed by atoms with Crippen LogP contribution in [0.5, 0.6) is 5.75 Å². The molecule has 2 N–H and O–H groups in total. The van der Waals surface area contributed by atoms with Crippen molar-refractivity contribution in [2.45, 2.75) is 32.8 Å². The molecular formula is C26H25NO3. The highest BCUT2D eigenvalue weighted by Crippen LogP contribution is 2.27. The lowest BCUT2D eigenvalue weighted by Gasteiger charge is -2.15. The van der Waals surface area contributed by atoms with Crippen molar-refractivity contribution in [3.63, 3.8) is 0 Å². The minimum absolute atomic E-state index is 0.0917. The molecule has 0 radical (unpaired) electrons. The van der Waals surface area contributed by atoms with Gasteiger partial charge >= 0.3 is 0 Å². The van der Waals surface area contributed by atoms with Gasteiger partial charge in [-0.2, -0.15) is 0 Å². The molecule has 3 rings (SSSR count). The molecule has 0 amide bonds. The summed E-state index contributed by atoms with van der Waals surface area (Å²) in [7, 11) is 0. The fourth-order valence-electron chi connectivity index (χ4n) is 3.13. The van der Waals surface area contributed by atoms with Crippen LogP contribution >= 0.6 is 0 Å². The van der Waals surface area contributed by atoms with E-state index in [1.807, 2.05) is 48.7 Å². The molecule has 4 heteroatoms. The van der Waals surface area contributed by atoms with Crippen molar-refractivity contribution in [3.8, 4) is 18.1 Å². The molecular weight excluding hydrogens is 374 g/mol. The molecule has 3 aromatic carbocycles. The zero-order chi connectivity index (χ0) is 21.3. The van der Waals surface area contributed by atoms with Gasteiger partial charge in [0.25, 0.3) is 0 Å². The fraction of sp³-hybridized carbons (Fsp3) is 0.192. The van der Waals surface area contributed by atoms with Crippen molar-refractivity contribution < 1.29 is 14.9 Å². The van der Waals surface area contributed by atoms with Gasteiger partial charge in [0.1, 0.15) is 12.4 Å². The van der Waals surface area contributed by atoms with Crippen LogP contribution in [-0.4, -0.2) is 16.4 Å². The third-order valence-corrected chi connectivity index (χ3v) is 4.84. The molecule has 0 saturated carbocycles. The molecule has 0 saturated heterocycles. The van der Waals surface area contributed by atoms with Gasteiger partial charge in [0.15, 0.2) is 0 Å². The molecule has 1 atom stereocenters. The highest BCUT2D eigenvalue weighted by Gasteiger charge is 2.11. The Morgan fingerprint density at radius 1 is 1.00 bits per heavy atom. The highest BCUT2D eigenvalue weighted by atomic mass is 16.5. The average Bonchev–Trinajstić information content (AvgIpc) is 2.81. The Hall–Kier alpha value is -3.39. The first-order chi connectivity index (χ1) is 14.6. The maximum atomic E-state index is 9.63. The Balaban J connectivity index is 1.67. The van der Waals surface area contributed by atoms with E-state index in [4.69, 9.17) is 11.2 Å². The number of aliphatic hydroxyl groups is 2. The van der Waals surface area contributed by atoms with Crippen LogP contribution < -0.4 is 4.74 Å². The number of rotatable bonds is 8. The predicted molar refractivity (Wildman–Crippen MR) is 119 cm³/mol. The van der Waals surface area contributed by atoms with E-state index in [-0.39, 0.29) is 19.3 Å². The lowest BCUT2D eigenvalue weighted by atomic mass is 10.0. The van der Waals surface area contributed by atoms with Gasteiger partial charge in [0.05, 0.1) is 19.3 Å². The molecule has 0 aliphatic carbocycles. The molecule has 4 nitrogen and oxygen atoms in total. The van der Waals surface area contributed by atoms with Crippen LogP contribution in [0.1, 0.15) is 46.3 Å². The van der Waals surface area contributed by atoms with Crippen molar-refractivity contribution in [1.82, 2.24) is 0 Å². The summed E-state index contributed by atoms with van der Waals surface area (Å²) in [5, 5.41) is 19.3. The second-order valence-corrected chi connectivity index (χ2v) is 6.98. The summed E-state index contributed by atoms with van der Waals surface area (Å²) in [6.07, 6.45) is 7.31. The molecule has 0 bridgehead atoms. The minimum Gasteiger partial charge on any atom is -0.488 e. The molecule has 0 unspecified atom stereocenters. The number of terminal acetylenes is 1. The van der Waals surface area contributed by atoms with Gasteiger partial charge in [-0.05, 0) is 35.7 Å². The average molecular weight is 399 g/mol. The Kier molecular flexibility index (Phi) is 7.40. The van der Waals surface area contributed by atoms with Crippen molar-refractivity contribution in [3.05, 3.63) is 100 Å². The maximum Gasteiger partial charge on any atom is 0.130 e. The summed E-state index contributed by atoms with van der Waals surface area (Å²) in [4.78, 5) is 4.62. The molecule has 0 fully saturated rings. The molecule has 152 valence electrons. The van der Waals surface area contributed by atoms with Gasteiger partial charge < -0.3 is 14.9 Å². The Labute approximate surface area is 177 Å². The number of nitrogens with zero attached hydrogens (tertiary/aromatic N) is 1. The van der Waals surface area contributed by atoms with Crippen LogP contribution in [0.25, 0.3) is 0 Å². The van der Waals surface area contributed by atoms with Crippen molar-refractivity contribution >= 4 is 6.21 Å². The number of benzene rings is 3. The fourth-order valence-corrected chi connectivity index (χ4v) is 3.13. The monoisotopic (exact) mass is 399 g/mol. The standard InChI is InChI=1S/C26H25NO3/c1-3-20-13-24(16-28)26(25(14-20)17-29)30-18-22-11-9-21(10-12-22)15-27-19(2)23-7-5-4-6-8-23/h1,4-15,19,28-29H,16-18H2,2H3/t19-/m0/s1. The van der Waals surface area contributed by atoms with E-state index >= 15 is 0 Å². The van der Waals surface area contributed by atoms with Gasteiger partial charge in [0, 0.05) is 22.9 Å². The number of hydrogen-bond donors (Lipinski definition) is 2. The minimum atomic E-state index is -0.215. The molecule has 0 spiro atoms. The normalized spacial score (nSPS) is 11.9. The second kappa shape index (κ2) is 10.4. The summed E-state index contributed by atoms with van der Waals surface area (Å²) in [6, 6.07) is 21.6. The van der Waals surface area contributed by atoms with Gasteiger partial charge in [0.2, 0.25) is 0 Å². The lowest BCUT2D eigenvalue weighted by molar-refractivity contribution is 0.242. The summed E-state index contributed by atoms with van der Waals surface area (Å²) in [5.74, 6) is 3.00. The number of hydrogen-bond acceptors (Lipinski definition) is 4. The number of ether oxygens (including phenoxy) is 1. The van der Waals surface area contributed by atoms with E-state index in [0.29, 0.717) is 29.0 Å². The number of aliphatic hydroxyl groups excluding tert-OH is 2. The third kappa shape index (κ3) is 5.36. The van der Waals surface area contributed by atoms with Crippen molar-refractivity contribution in [2.24, 2.45) is 4.99 Å². The Bertz CT molecular complexity index is 1010. The molecule has 0 heterocycles. The highest BCUT2D eigenvalue weighted by molar-refractivity contribution is 5.79. The summed E-state index contributed by atoms with van der Waals surface area (Å²) >= 11 is 0. The van der Waals surface area contributed by atoms with Gasteiger partial charge in [-0.1, -0.05) is 60.5 Å². The van der Waals surface area contributed by atoms with E-state index in [0.717, 1.165) is 11.1 Å². The largest absolute Gasteiger partial charge is 0.488 e. The van der Waals surface area contributed by atoms with Crippen LogP contribution in [0.3, 0.4) is 0 Å². The molecule has 3 aromatic rings. The molecule has 30 heavy (non-hydrogen) atoms. The summed E-state index contributed by atoms with van der Waals surface area (Å²) in [5.41, 5.74) is 4.88. The maximum absolute atomic E-state index is 9.63. The van der Waals surface area contributed by atoms with Crippen LogP contribution in [-0.2, 0) is 19.8 Å². The summed E-state index contributed by atoms with van der Waals surface area (Å²) in [6.45, 7) is 1.95. The van der Waals surface area contributed by atoms with E-state index in [9.17, 15) is 10.2 Å². The van der Waals surface area contributed by atoms with Crippen LogP contribution in [0.2, 0.25) is 0 Å². The van der Waals surface area contributed by atoms with E-state index < -0.39 is 0 Å². The third-order valence-electron chi connectivity index (χ3n) is 4.84. The van der Waals surface area contributed by atoms with Gasteiger partial charge in [-0.15, -0.1) is 6.42 Å². The van der Waals surface area contributed by atoms with Gasteiger partial charge in [-0.25, -0.2) is 0 Å². The zero-order valence-electron chi connectivity index (χ0n) is 17.0. The van der Waals surface area contributed by atoms with Crippen molar-refractivity contribution in [2.75, 3.05) is 0 Å². The van der Waals surface area contributed by atoms with Crippen molar-refractivity contribution in [1.29, 1.82) is 0 Å². The SMILES string of the molecule is C#Cc1cc(CO)c(OCc2ccc(C=N[C@@H](C)c3ccccc3)cc2)c(CO)c1. The molecule has 0 aliphatic rings. The summed E-state index contributed by atoms with van der Waals surface area (Å²) < 4.78 is 5.91. The topological polar surface area (TPSA) is 62.0 Å². The lowest BCUT2D eigenvalue weighted by Crippen LogP contribution is -2.03. The first-order valence-corrected chi connectivity index (χ1v) is 9.78. The molecule has 0 aromatic heterocycles. The van der Waals surface area contributed by atoms with Gasteiger partial charge in [-0.3, -0.25) is 4.99 Å². The predicted octanol–water partition coefficient (Wildman–Crippen LogP) is 4.41. The smallest absolute Gasteiger partial charge is 0.130 e. The van der Waals surface area contributed by atoms with E-state index in [1.54, 1.807) is 12.1 Å².